The monoisotopic (exact) mass is 242 g/mol. The zero-order valence-electron chi connectivity index (χ0n) is 11.1. The van der Waals surface area contributed by atoms with Crippen LogP contribution in [-0.2, 0) is 12.8 Å². The topological polar surface area (TPSA) is 27.8 Å². The second-order valence-corrected chi connectivity index (χ2v) is 5.36. The van der Waals surface area contributed by atoms with E-state index in [4.69, 9.17) is 0 Å². The van der Waals surface area contributed by atoms with Gasteiger partial charge in [0.25, 0.3) is 0 Å². The van der Waals surface area contributed by atoms with Crippen molar-refractivity contribution < 1.29 is 0 Å². The van der Waals surface area contributed by atoms with Crippen molar-refractivity contribution in [2.45, 2.75) is 45.1 Å². The van der Waals surface area contributed by atoms with Gasteiger partial charge in [-0.15, -0.1) is 0 Å². The number of hydrogen-bond donors (Lipinski definition) is 2. The van der Waals surface area contributed by atoms with Gasteiger partial charge in [0, 0.05) is 23.1 Å². The van der Waals surface area contributed by atoms with Gasteiger partial charge < -0.3 is 10.3 Å². The summed E-state index contributed by atoms with van der Waals surface area (Å²) in [5, 5.41) is 5.06. The van der Waals surface area contributed by atoms with Gasteiger partial charge in [-0.1, -0.05) is 31.5 Å². The third-order valence-electron chi connectivity index (χ3n) is 4.15. The van der Waals surface area contributed by atoms with Gasteiger partial charge in [0.2, 0.25) is 0 Å². The summed E-state index contributed by atoms with van der Waals surface area (Å²) in [5.74, 6) is 0. The first kappa shape index (κ1) is 11.8. The summed E-state index contributed by atoms with van der Waals surface area (Å²) in [7, 11) is 0. The molecule has 1 aliphatic heterocycles. The first-order chi connectivity index (χ1) is 8.88. The van der Waals surface area contributed by atoms with Crippen LogP contribution in [0.2, 0.25) is 0 Å². The van der Waals surface area contributed by atoms with Gasteiger partial charge >= 0.3 is 0 Å². The van der Waals surface area contributed by atoms with E-state index < -0.39 is 0 Å². The first-order valence-corrected chi connectivity index (χ1v) is 7.19. The number of aromatic amines is 1. The molecule has 18 heavy (non-hydrogen) atoms. The van der Waals surface area contributed by atoms with Gasteiger partial charge in [0.05, 0.1) is 0 Å². The molecule has 1 saturated heterocycles. The molecule has 1 fully saturated rings. The van der Waals surface area contributed by atoms with Crippen LogP contribution >= 0.6 is 0 Å². The summed E-state index contributed by atoms with van der Waals surface area (Å²) in [5.41, 5.74) is 4.24. The second kappa shape index (κ2) is 5.15. The fourth-order valence-corrected chi connectivity index (χ4v) is 3.10. The molecule has 0 bridgehead atoms. The lowest BCUT2D eigenvalue weighted by molar-refractivity contribution is 0.400. The molecular formula is C16H22N2. The molecule has 3 rings (SSSR count). The van der Waals surface area contributed by atoms with Crippen LogP contribution in [0.25, 0.3) is 10.9 Å². The average molecular weight is 242 g/mol. The van der Waals surface area contributed by atoms with Crippen molar-refractivity contribution in [3.05, 3.63) is 35.5 Å². The van der Waals surface area contributed by atoms with E-state index in [-0.39, 0.29) is 0 Å². The van der Waals surface area contributed by atoms with E-state index >= 15 is 0 Å². The van der Waals surface area contributed by atoms with E-state index in [1.165, 1.54) is 47.8 Å². The van der Waals surface area contributed by atoms with E-state index in [0.717, 1.165) is 12.8 Å². The maximum atomic E-state index is 3.64. The van der Waals surface area contributed by atoms with Crippen LogP contribution in [0.15, 0.2) is 24.4 Å². The van der Waals surface area contributed by atoms with E-state index in [1.54, 1.807) is 0 Å². The minimum absolute atomic E-state index is 0.669. The quantitative estimate of drug-likeness (QED) is 0.848. The van der Waals surface area contributed by atoms with Crippen molar-refractivity contribution in [2.75, 3.05) is 6.54 Å². The van der Waals surface area contributed by atoms with Crippen LogP contribution in [0, 0.1) is 0 Å². The fraction of sp³-hybridized carbons (Fsp3) is 0.500. The number of piperidine rings is 1. The molecule has 0 amide bonds. The Kier molecular flexibility index (Phi) is 3.37. The predicted octanol–water partition coefficient (Wildman–Crippen LogP) is 3.41. The molecule has 2 nitrogen and oxygen atoms in total. The molecule has 2 N–H and O–H groups in total. The number of H-pyrrole nitrogens is 1. The standard InChI is InChI=1S/C16H22N2/c1-2-12-6-5-8-15-13(11-18-16(12)15)10-14-7-3-4-9-17-14/h5-6,8,11,14,17-18H,2-4,7,9-10H2,1H3. The van der Waals surface area contributed by atoms with E-state index in [2.05, 4.69) is 41.6 Å². The normalized spacial score (nSPS) is 20.4. The van der Waals surface area contributed by atoms with Gasteiger partial charge in [-0.3, -0.25) is 0 Å². The minimum atomic E-state index is 0.669. The maximum absolute atomic E-state index is 3.64. The third-order valence-corrected chi connectivity index (χ3v) is 4.15. The van der Waals surface area contributed by atoms with E-state index in [1.807, 2.05) is 0 Å². The van der Waals surface area contributed by atoms with Gasteiger partial charge in [-0.25, -0.2) is 0 Å². The average Bonchev–Trinajstić information content (AvgIpc) is 2.83. The first-order valence-electron chi connectivity index (χ1n) is 7.19. The molecule has 1 aliphatic rings. The summed E-state index contributed by atoms with van der Waals surface area (Å²) in [6.45, 7) is 3.41. The summed E-state index contributed by atoms with van der Waals surface area (Å²) >= 11 is 0. The van der Waals surface area contributed by atoms with Gasteiger partial charge in [-0.05, 0) is 43.4 Å². The van der Waals surface area contributed by atoms with Crippen LogP contribution < -0.4 is 5.32 Å². The molecule has 0 spiro atoms. The lowest BCUT2D eigenvalue weighted by atomic mass is 9.97. The largest absolute Gasteiger partial charge is 0.361 e. The molecule has 0 saturated carbocycles. The molecule has 0 aliphatic carbocycles. The minimum Gasteiger partial charge on any atom is -0.361 e. The van der Waals surface area contributed by atoms with Crippen molar-refractivity contribution in [1.29, 1.82) is 0 Å². The van der Waals surface area contributed by atoms with E-state index in [0.29, 0.717) is 6.04 Å². The Hall–Kier alpha value is -1.28. The third kappa shape index (κ3) is 2.17. The zero-order chi connectivity index (χ0) is 12.4. The Morgan fingerprint density at radius 3 is 2.94 bits per heavy atom. The van der Waals surface area contributed by atoms with Gasteiger partial charge in [-0.2, -0.15) is 0 Å². The summed E-state index contributed by atoms with van der Waals surface area (Å²) in [6.07, 6.45) is 8.50. The number of benzene rings is 1. The molecule has 0 radical (unpaired) electrons. The molecule has 1 atom stereocenters. The summed E-state index contributed by atoms with van der Waals surface area (Å²) < 4.78 is 0. The van der Waals surface area contributed by atoms with Crippen LogP contribution in [0.5, 0.6) is 0 Å². The number of aromatic nitrogens is 1. The zero-order valence-corrected chi connectivity index (χ0v) is 11.1. The van der Waals surface area contributed by atoms with Crippen molar-refractivity contribution in [2.24, 2.45) is 0 Å². The number of aryl methyl sites for hydroxylation is 1. The Morgan fingerprint density at radius 1 is 1.22 bits per heavy atom. The predicted molar refractivity (Wildman–Crippen MR) is 77.0 cm³/mol. The summed E-state index contributed by atoms with van der Waals surface area (Å²) in [4.78, 5) is 3.47. The number of rotatable bonds is 3. The molecule has 1 aromatic carbocycles. The number of para-hydroxylation sites is 1. The molecule has 2 aromatic rings. The molecule has 2 heteroatoms. The Bertz CT molecular complexity index is 521. The second-order valence-electron chi connectivity index (χ2n) is 5.36. The van der Waals surface area contributed by atoms with Crippen LogP contribution in [0.3, 0.4) is 0 Å². The number of hydrogen-bond acceptors (Lipinski definition) is 1. The highest BCUT2D eigenvalue weighted by Gasteiger charge is 2.15. The van der Waals surface area contributed by atoms with Crippen molar-refractivity contribution in [3.63, 3.8) is 0 Å². The summed E-state index contributed by atoms with van der Waals surface area (Å²) in [6, 6.07) is 7.33. The van der Waals surface area contributed by atoms with Crippen LogP contribution in [0.4, 0.5) is 0 Å². The molecule has 1 unspecified atom stereocenters. The number of fused-ring (bicyclic) bond motifs is 1. The maximum Gasteiger partial charge on any atom is 0.0489 e. The molecule has 96 valence electrons. The smallest absolute Gasteiger partial charge is 0.0489 e. The van der Waals surface area contributed by atoms with Gasteiger partial charge in [0.1, 0.15) is 0 Å². The Labute approximate surface area is 109 Å². The lowest BCUT2D eigenvalue weighted by Crippen LogP contribution is -2.35. The van der Waals surface area contributed by atoms with Crippen LogP contribution in [-0.4, -0.2) is 17.6 Å². The van der Waals surface area contributed by atoms with Crippen molar-refractivity contribution >= 4 is 10.9 Å². The Morgan fingerprint density at radius 2 is 2.17 bits per heavy atom. The highest BCUT2D eigenvalue weighted by Crippen LogP contribution is 2.24. The number of nitrogens with one attached hydrogen (secondary N) is 2. The highest BCUT2D eigenvalue weighted by atomic mass is 14.9. The Balaban J connectivity index is 1.88. The van der Waals surface area contributed by atoms with Gasteiger partial charge in [0.15, 0.2) is 0 Å². The fourth-order valence-electron chi connectivity index (χ4n) is 3.10. The molecule has 2 heterocycles. The highest BCUT2D eigenvalue weighted by molar-refractivity contribution is 5.86. The van der Waals surface area contributed by atoms with Crippen LogP contribution in [0.1, 0.15) is 37.3 Å². The van der Waals surface area contributed by atoms with Crippen molar-refractivity contribution in [3.8, 4) is 0 Å². The molecule has 1 aromatic heterocycles. The van der Waals surface area contributed by atoms with E-state index in [9.17, 15) is 0 Å². The lowest BCUT2D eigenvalue weighted by Gasteiger charge is -2.23. The molecular weight excluding hydrogens is 220 g/mol. The van der Waals surface area contributed by atoms with Crippen molar-refractivity contribution in [1.82, 2.24) is 10.3 Å². The SMILES string of the molecule is CCc1cccc2c(CC3CCCCN3)c[nH]c12.